The molecular weight excluding hydrogens is 214 g/mol. The highest BCUT2D eigenvalue weighted by Gasteiger charge is 2.27. The Labute approximate surface area is 102 Å². The van der Waals surface area contributed by atoms with Gasteiger partial charge in [-0.05, 0) is 12.8 Å². The van der Waals surface area contributed by atoms with Crippen LogP contribution in [0.3, 0.4) is 0 Å². The number of nitrogens with two attached hydrogens (primary N) is 1. The van der Waals surface area contributed by atoms with Gasteiger partial charge in [0.2, 0.25) is 0 Å². The van der Waals surface area contributed by atoms with Crippen molar-refractivity contribution >= 4 is 5.78 Å². The summed E-state index contributed by atoms with van der Waals surface area (Å²) >= 11 is 0. The average Bonchev–Trinajstić information content (AvgIpc) is 2.57. The Morgan fingerprint density at radius 1 is 1.47 bits per heavy atom. The number of carbonyl (C=O) groups excluding carboxylic acids is 1. The summed E-state index contributed by atoms with van der Waals surface area (Å²) in [6, 6.07) is 0.0465. The molecule has 1 saturated carbocycles. The molecule has 0 saturated heterocycles. The van der Waals surface area contributed by atoms with Gasteiger partial charge in [0, 0.05) is 31.4 Å². The van der Waals surface area contributed by atoms with Crippen LogP contribution in [0.2, 0.25) is 0 Å². The van der Waals surface area contributed by atoms with Gasteiger partial charge >= 0.3 is 0 Å². The molecule has 0 bridgehead atoms. The summed E-state index contributed by atoms with van der Waals surface area (Å²) in [6.07, 6.45) is 9.45. The Balaban J connectivity index is 2.01. The number of aryl methyl sites for hydroxylation is 1. The fourth-order valence-electron chi connectivity index (χ4n) is 2.59. The highest BCUT2D eigenvalue weighted by atomic mass is 16.1. The maximum absolute atomic E-state index is 12.2. The fourth-order valence-corrected chi connectivity index (χ4v) is 2.59. The van der Waals surface area contributed by atoms with E-state index in [-0.39, 0.29) is 17.7 Å². The summed E-state index contributed by atoms with van der Waals surface area (Å²) < 4.78 is 1.90. The summed E-state index contributed by atoms with van der Waals surface area (Å²) in [4.78, 5) is 16.4. The van der Waals surface area contributed by atoms with Crippen LogP contribution >= 0.6 is 0 Å². The molecule has 17 heavy (non-hydrogen) atoms. The molecule has 1 heterocycles. The molecule has 0 aromatic carbocycles. The first-order chi connectivity index (χ1) is 8.18. The van der Waals surface area contributed by atoms with E-state index in [1.54, 1.807) is 6.20 Å². The van der Waals surface area contributed by atoms with Crippen molar-refractivity contribution in [3.05, 3.63) is 18.2 Å². The molecule has 0 radical (unpaired) electrons. The third-order valence-corrected chi connectivity index (χ3v) is 3.74. The molecule has 0 aliphatic heterocycles. The van der Waals surface area contributed by atoms with Crippen LogP contribution in [0.15, 0.2) is 12.4 Å². The van der Waals surface area contributed by atoms with Crippen LogP contribution in [0.25, 0.3) is 0 Å². The lowest BCUT2D eigenvalue weighted by atomic mass is 9.89. The van der Waals surface area contributed by atoms with Crippen molar-refractivity contribution in [1.29, 1.82) is 0 Å². The van der Waals surface area contributed by atoms with Crippen LogP contribution in [0.1, 0.15) is 37.9 Å². The zero-order chi connectivity index (χ0) is 12.3. The van der Waals surface area contributed by atoms with Crippen LogP contribution < -0.4 is 5.73 Å². The molecule has 4 nitrogen and oxygen atoms in total. The van der Waals surface area contributed by atoms with Gasteiger partial charge in [-0.2, -0.15) is 0 Å². The second kappa shape index (κ2) is 5.45. The minimum Gasteiger partial charge on any atom is -0.338 e. The Kier molecular flexibility index (Phi) is 3.94. The first kappa shape index (κ1) is 12.3. The zero-order valence-electron chi connectivity index (χ0n) is 10.4. The van der Waals surface area contributed by atoms with E-state index < -0.39 is 0 Å². The highest BCUT2D eigenvalue weighted by molar-refractivity contribution is 5.83. The minimum atomic E-state index is 0.0363. The predicted octanol–water partition coefficient (Wildman–Crippen LogP) is 1.44. The third kappa shape index (κ3) is 2.94. The van der Waals surface area contributed by atoms with Crippen molar-refractivity contribution in [3.8, 4) is 0 Å². The van der Waals surface area contributed by atoms with Gasteiger partial charge in [0.15, 0.2) is 0 Å². The topological polar surface area (TPSA) is 60.9 Å². The lowest BCUT2D eigenvalue weighted by molar-refractivity contribution is -0.123. The largest absolute Gasteiger partial charge is 0.338 e. The Morgan fingerprint density at radius 3 is 2.94 bits per heavy atom. The van der Waals surface area contributed by atoms with Crippen molar-refractivity contribution in [1.82, 2.24) is 9.55 Å². The molecule has 1 aromatic rings. The first-order valence-electron chi connectivity index (χ1n) is 6.43. The summed E-state index contributed by atoms with van der Waals surface area (Å²) in [6.45, 7) is 0. The molecule has 2 N–H and O–H groups in total. The van der Waals surface area contributed by atoms with Gasteiger partial charge in [-0.15, -0.1) is 0 Å². The molecule has 2 unspecified atom stereocenters. The predicted molar refractivity (Wildman–Crippen MR) is 66.5 cm³/mol. The number of imidazole rings is 1. The molecule has 2 rings (SSSR count). The summed E-state index contributed by atoms with van der Waals surface area (Å²) in [5.41, 5.74) is 6.10. The van der Waals surface area contributed by atoms with E-state index in [1.807, 2.05) is 17.8 Å². The normalized spacial score (nSPS) is 25.5. The van der Waals surface area contributed by atoms with E-state index in [4.69, 9.17) is 5.73 Å². The van der Waals surface area contributed by atoms with Gasteiger partial charge in [-0.1, -0.05) is 19.3 Å². The molecular formula is C13H21N3O. The molecule has 0 spiro atoms. The van der Waals surface area contributed by atoms with E-state index in [0.717, 1.165) is 31.5 Å². The lowest BCUT2D eigenvalue weighted by Crippen LogP contribution is -2.35. The van der Waals surface area contributed by atoms with Crippen LogP contribution in [-0.4, -0.2) is 21.4 Å². The van der Waals surface area contributed by atoms with E-state index in [1.165, 1.54) is 6.42 Å². The van der Waals surface area contributed by atoms with E-state index in [0.29, 0.717) is 6.42 Å². The maximum atomic E-state index is 12.2. The first-order valence-corrected chi connectivity index (χ1v) is 6.43. The molecule has 4 heteroatoms. The molecule has 2 atom stereocenters. The molecule has 1 aromatic heterocycles. The SMILES string of the molecule is Cn1ccnc1CC(=O)C1CCCCCC1N. The van der Waals surface area contributed by atoms with Crippen molar-refractivity contribution in [2.75, 3.05) is 0 Å². The second-order valence-corrected chi connectivity index (χ2v) is 5.01. The number of hydrogen-bond acceptors (Lipinski definition) is 3. The highest BCUT2D eigenvalue weighted by Crippen LogP contribution is 2.23. The number of aromatic nitrogens is 2. The standard InChI is InChI=1S/C13H21N3O/c1-16-8-7-15-13(16)9-12(17)10-5-3-2-4-6-11(10)14/h7-8,10-11H,2-6,9,14H2,1H3. The Bertz CT molecular complexity index is 386. The number of carbonyl (C=O) groups is 1. The number of nitrogens with zero attached hydrogens (tertiary/aromatic N) is 2. The van der Waals surface area contributed by atoms with Crippen molar-refractivity contribution in [3.63, 3.8) is 0 Å². The van der Waals surface area contributed by atoms with Gasteiger partial charge in [0.05, 0.1) is 6.42 Å². The zero-order valence-corrected chi connectivity index (χ0v) is 10.4. The lowest BCUT2D eigenvalue weighted by Gasteiger charge is -2.19. The van der Waals surface area contributed by atoms with Gasteiger partial charge < -0.3 is 10.3 Å². The molecule has 1 fully saturated rings. The number of ketones is 1. The molecule has 1 aliphatic rings. The molecule has 94 valence electrons. The quantitative estimate of drug-likeness (QED) is 0.806. The number of hydrogen-bond donors (Lipinski definition) is 1. The summed E-state index contributed by atoms with van der Waals surface area (Å²) in [5, 5.41) is 0. The van der Waals surface area contributed by atoms with Crippen LogP contribution in [0, 0.1) is 5.92 Å². The Hall–Kier alpha value is -1.16. The van der Waals surface area contributed by atoms with Crippen molar-refractivity contribution in [2.45, 2.75) is 44.6 Å². The van der Waals surface area contributed by atoms with Gasteiger partial charge in [0.1, 0.15) is 11.6 Å². The van der Waals surface area contributed by atoms with Crippen molar-refractivity contribution < 1.29 is 4.79 Å². The second-order valence-electron chi connectivity index (χ2n) is 5.01. The van der Waals surface area contributed by atoms with Gasteiger partial charge in [-0.3, -0.25) is 4.79 Å². The number of rotatable bonds is 3. The van der Waals surface area contributed by atoms with Crippen LogP contribution in [0.5, 0.6) is 0 Å². The molecule has 1 aliphatic carbocycles. The fraction of sp³-hybridized carbons (Fsp3) is 0.692. The van der Waals surface area contributed by atoms with Crippen molar-refractivity contribution in [2.24, 2.45) is 18.7 Å². The monoisotopic (exact) mass is 235 g/mol. The van der Waals surface area contributed by atoms with Crippen LogP contribution in [0.4, 0.5) is 0 Å². The summed E-state index contributed by atoms with van der Waals surface area (Å²) in [5.74, 6) is 1.13. The number of Topliss-reactive ketones (excluding diaryl/α,β-unsaturated/α-hetero) is 1. The minimum absolute atomic E-state index is 0.0363. The maximum Gasteiger partial charge on any atom is 0.145 e. The Morgan fingerprint density at radius 2 is 2.24 bits per heavy atom. The smallest absolute Gasteiger partial charge is 0.145 e. The third-order valence-electron chi connectivity index (χ3n) is 3.74. The summed E-state index contributed by atoms with van der Waals surface area (Å²) in [7, 11) is 1.92. The van der Waals surface area contributed by atoms with E-state index in [2.05, 4.69) is 4.98 Å². The average molecular weight is 235 g/mol. The van der Waals surface area contributed by atoms with Gasteiger partial charge in [-0.25, -0.2) is 4.98 Å². The van der Waals surface area contributed by atoms with E-state index in [9.17, 15) is 4.79 Å². The van der Waals surface area contributed by atoms with E-state index >= 15 is 0 Å². The van der Waals surface area contributed by atoms with Gasteiger partial charge in [0.25, 0.3) is 0 Å². The molecule has 0 amide bonds. The van der Waals surface area contributed by atoms with Crippen LogP contribution in [-0.2, 0) is 18.3 Å².